The van der Waals surface area contributed by atoms with Gasteiger partial charge in [-0.25, -0.2) is 9.78 Å². The zero-order valence-electron chi connectivity index (χ0n) is 21.2. The number of halogens is 1. The Morgan fingerprint density at radius 3 is 2.38 bits per heavy atom. The normalized spacial score (nSPS) is 12.3. The number of nitrogens with one attached hydrogen (secondary N) is 1. The van der Waals surface area contributed by atoms with Gasteiger partial charge in [0.1, 0.15) is 0 Å². The van der Waals surface area contributed by atoms with Crippen molar-refractivity contribution in [1.82, 2.24) is 9.88 Å². The van der Waals surface area contributed by atoms with Crippen molar-refractivity contribution < 1.29 is 23.5 Å². The fraction of sp³-hybridized carbons (Fsp3) is 0.423. The van der Waals surface area contributed by atoms with E-state index < -0.39 is 5.97 Å². The Balaban J connectivity index is 0.00000168. The van der Waals surface area contributed by atoms with E-state index in [0.717, 1.165) is 16.7 Å². The van der Waals surface area contributed by atoms with Gasteiger partial charge in [0.25, 0.3) is 0 Å². The number of ether oxygens (including phenoxy) is 2. The molecule has 8 heteroatoms. The Morgan fingerprint density at radius 2 is 1.79 bits per heavy atom. The molecule has 1 amide bonds. The lowest BCUT2D eigenvalue weighted by Crippen LogP contribution is -2.41. The van der Waals surface area contributed by atoms with Gasteiger partial charge in [0.15, 0.2) is 5.69 Å². The summed E-state index contributed by atoms with van der Waals surface area (Å²) in [4.78, 5) is 30.8. The molecule has 0 radical (unpaired) electrons. The molecule has 1 aliphatic rings. The number of carbonyl (C=O) groups is 2. The van der Waals surface area contributed by atoms with Gasteiger partial charge in [0, 0.05) is 24.8 Å². The van der Waals surface area contributed by atoms with E-state index in [9.17, 15) is 14.0 Å². The summed E-state index contributed by atoms with van der Waals surface area (Å²) in [7, 11) is 1.78. The highest BCUT2D eigenvalue weighted by Crippen LogP contribution is 2.25. The number of hydrogen-bond acceptors (Lipinski definition) is 6. The summed E-state index contributed by atoms with van der Waals surface area (Å²) in [5, 5.41) is 2.81. The number of nitrogens with zero attached hydrogens (tertiary/aromatic N) is 2. The number of aromatic nitrogens is 1. The zero-order chi connectivity index (χ0) is 25.9. The summed E-state index contributed by atoms with van der Waals surface area (Å²) >= 11 is 0. The van der Waals surface area contributed by atoms with E-state index in [1.54, 1.807) is 18.3 Å². The molecule has 0 spiro atoms. The van der Waals surface area contributed by atoms with Crippen molar-refractivity contribution >= 4 is 23.6 Å². The Hall–Kier alpha value is -3.10. The van der Waals surface area contributed by atoms with Crippen LogP contribution in [0, 0.1) is 0 Å². The minimum absolute atomic E-state index is 0.0708. The number of amides is 1. The molecule has 1 aliphatic heterocycles. The van der Waals surface area contributed by atoms with Crippen molar-refractivity contribution in [2.24, 2.45) is 0 Å². The third-order valence-corrected chi connectivity index (χ3v) is 4.47. The molecule has 3 rings (SSSR count). The van der Waals surface area contributed by atoms with E-state index in [1.807, 2.05) is 56.9 Å². The number of rotatable bonds is 6. The molecule has 2 heterocycles. The molecule has 0 aliphatic carbocycles. The van der Waals surface area contributed by atoms with Gasteiger partial charge >= 0.3 is 5.97 Å². The first kappa shape index (κ1) is 30.9. The highest BCUT2D eigenvalue weighted by atomic mass is 19.1. The third kappa shape index (κ3) is 9.80. The molecular weight excluding hydrogens is 437 g/mol. The fourth-order valence-corrected chi connectivity index (χ4v) is 2.97. The van der Waals surface area contributed by atoms with Gasteiger partial charge in [-0.1, -0.05) is 58.5 Å². The maximum Gasteiger partial charge on any atom is 0.358 e. The van der Waals surface area contributed by atoms with Crippen molar-refractivity contribution in [2.45, 2.75) is 27.7 Å². The summed E-state index contributed by atoms with van der Waals surface area (Å²) in [6.07, 6.45) is 3.34. The molecule has 0 saturated carbocycles. The predicted molar refractivity (Wildman–Crippen MR) is 137 cm³/mol. The van der Waals surface area contributed by atoms with Crippen molar-refractivity contribution in [3.8, 4) is 11.1 Å². The molecule has 1 aromatic carbocycles. The van der Waals surface area contributed by atoms with Crippen LogP contribution in [0.3, 0.4) is 0 Å². The van der Waals surface area contributed by atoms with Gasteiger partial charge in [-0.2, -0.15) is 0 Å². The number of methoxy groups -OCH3 is 1. The van der Waals surface area contributed by atoms with Gasteiger partial charge < -0.3 is 14.8 Å². The number of benzene rings is 1. The molecule has 2 aromatic rings. The van der Waals surface area contributed by atoms with Crippen LogP contribution in [-0.4, -0.2) is 68.9 Å². The Bertz CT molecular complexity index is 884. The minimum atomic E-state index is -0.604. The molecule has 34 heavy (non-hydrogen) atoms. The highest BCUT2D eigenvalue weighted by molar-refractivity contribution is 6.01. The number of hydrogen-bond donors (Lipinski definition) is 1. The highest BCUT2D eigenvalue weighted by Gasteiger charge is 2.19. The SMILES string of the molecule is C=Cc1cccc(-c2cnc(C(=O)OC)c(NC(=O)CN3CCOCC3)c2)c1.CC.CC.CF. The van der Waals surface area contributed by atoms with Crippen LogP contribution in [0.5, 0.6) is 0 Å². The maximum absolute atomic E-state index is 12.5. The van der Waals surface area contributed by atoms with E-state index in [1.165, 1.54) is 7.11 Å². The number of pyridine rings is 1. The van der Waals surface area contributed by atoms with Crippen molar-refractivity contribution in [1.29, 1.82) is 0 Å². The van der Waals surface area contributed by atoms with Crippen LogP contribution in [0.1, 0.15) is 43.7 Å². The first-order valence-corrected chi connectivity index (χ1v) is 11.4. The fourth-order valence-electron chi connectivity index (χ4n) is 2.97. The van der Waals surface area contributed by atoms with Crippen molar-refractivity contribution in [3.63, 3.8) is 0 Å². The Morgan fingerprint density at radius 1 is 1.15 bits per heavy atom. The molecular formula is C26H38FN3O4. The lowest BCUT2D eigenvalue weighted by Gasteiger charge is -2.25. The number of carbonyl (C=O) groups excluding carboxylic acids is 2. The van der Waals surface area contributed by atoms with Crippen LogP contribution in [0.25, 0.3) is 17.2 Å². The molecule has 0 atom stereocenters. The topological polar surface area (TPSA) is 80.8 Å². The van der Waals surface area contributed by atoms with Gasteiger partial charge in [-0.3, -0.25) is 14.1 Å². The monoisotopic (exact) mass is 475 g/mol. The second-order valence-corrected chi connectivity index (χ2v) is 6.38. The maximum atomic E-state index is 12.5. The number of morpholine rings is 1. The van der Waals surface area contributed by atoms with E-state index in [-0.39, 0.29) is 18.1 Å². The van der Waals surface area contributed by atoms with Gasteiger partial charge in [0.2, 0.25) is 5.91 Å². The van der Waals surface area contributed by atoms with E-state index in [4.69, 9.17) is 9.47 Å². The second kappa shape index (κ2) is 18.3. The average molecular weight is 476 g/mol. The molecule has 188 valence electrons. The first-order chi connectivity index (χ1) is 16.6. The minimum Gasteiger partial charge on any atom is -0.464 e. The summed E-state index contributed by atoms with van der Waals surface area (Å²) < 4.78 is 19.6. The zero-order valence-corrected chi connectivity index (χ0v) is 21.2. The summed E-state index contributed by atoms with van der Waals surface area (Å²) in [6, 6.07) is 9.48. The summed E-state index contributed by atoms with van der Waals surface area (Å²) in [5.41, 5.74) is 3.04. The summed E-state index contributed by atoms with van der Waals surface area (Å²) in [5.74, 6) is -0.820. The number of anilines is 1. The molecule has 0 unspecified atom stereocenters. The largest absolute Gasteiger partial charge is 0.464 e. The van der Waals surface area contributed by atoms with Gasteiger partial charge in [-0.05, 0) is 23.3 Å². The van der Waals surface area contributed by atoms with Crippen LogP contribution in [0.2, 0.25) is 0 Å². The van der Waals surface area contributed by atoms with Crippen LogP contribution in [0.4, 0.5) is 10.1 Å². The van der Waals surface area contributed by atoms with Crippen molar-refractivity contribution in [3.05, 3.63) is 54.4 Å². The van der Waals surface area contributed by atoms with Gasteiger partial charge in [-0.15, -0.1) is 0 Å². The number of esters is 1. The quantitative estimate of drug-likeness (QED) is 0.587. The standard InChI is InChI=1S/C21H23N3O4.2C2H6.CH3F/c1-3-15-5-4-6-16(11-15)17-12-18(20(22-13-17)21(26)27-2)23-19(25)14-24-7-9-28-10-8-24;3*1-2/h3-6,11-13H,1,7-10,14H2,2H3,(H,23,25);2*1-2H3;1H3. The van der Waals surface area contributed by atoms with Crippen LogP contribution >= 0.6 is 0 Å². The smallest absolute Gasteiger partial charge is 0.358 e. The third-order valence-electron chi connectivity index (χ3n) is 4.47. The Labute approximate surface area is 203 Å². The van der Waals surface area contributed by atoms with Crippen molar-refractivity contribution in [2.75, 3.05) is 52.5 Å². The molecule has 1 fully saturated rings. The molecule has 1 aromatic heterocycles. The van der Waals surface area contributed by atoms with E-state index >= 15 is 0 Å². The van der Waals surface area contributed by atoms with Crippen LogP contribution in [-0.2, 0) is 14.3 Å². The first-order valence-electron chi connectivity index (χ1n) is 11.4. The average Bonchev–Trinajstić information content (AvgIpc) is 2.92. The van der Waals surface area contributed by atoms with Gasteiger partial charge in [0.05, 0.1) is 39.7 Å². The molecule has 0 bridgehead atoms. The van der Waals surface area contributed by atoms with Crippen LogP contribution in [0.15, 0.2) is 43.1 Å². The predicted octanol–water partition coefficient (Wildman–Crippen LogP) is 5.09. The molecule has 7 nitrogen and oxygen atoms in total. The second-order valence-electron chi connectivity index (χ2n) is 6.38. The molecule has 1 saturated heterocycles. The summed E-state index contributed by atoms with van der Waals surface area (Å²) in [6.45, 7) is 14.6. The lowest BCUT2D eigenvalue weighted by atomic mass is 10.0. The van der Waals surface area contributed by atoms with E-state index in [0.29, 0.717) is 39.2 Å². The molecule has 1 N–H and O–H groups in total. The number of alkyl halides is 1. The lowest BCUT2D eigenvalue weighted by molar-refractivity contribution is -0.118. The Kier molecular flexibility index (Phi) is 16.7. The van der Waals surface area contributed by atoms with Crippen LogP contribution < -0.4 is 5.32 Å². The van der Waals surface area contributed by atoms with E-state index in [2.05, 4.69) is 16.9 Å².